The first-order chi connectivity index (χ1) is 17.6. The number of halogens is 1. The average Bonchev–Trinajstić information content (AvgIpc) is 3.26. The summed E-state index contributed by atoms with van der Waals surface area (Å²) >= 11 is 0. The van der Waals surface area contributed by atoms with Crippen LogP contribution in [0, 0.1) is 0 Å². The third kappa shape index (κ3) is 5.56. The fourth-order valence-electron chi connectivity index (χ4n) is 5.52. The summed E-state index contributed by atoms with van der Waals surface area (Å²) in [7, 11) is -0.973. The van der Waals surface area contributed by atoms with Gasteiger partial charge in [-0.25, -0.2) is 0 Å². The van der Waals surface area contributed by atoms with Gasteiger partial charge in [-0.3, -0.25) is 9.29 Å². The lowest BCUT2D eigenvalue weighted by atomic mass is 9.74. The molecule has 1 heterocycles. The molecule has 5 rings (SSSR count). The second kappa shape index (κ2) is 11.4. The topological polar surface area (TPSA) is 58.7 Å². The van der Waals surface area contributed by atoms with Gasteiger partial charge in [0.25, 0.3) is 0 Å². The van der Waals surface area contributed by atoms with Crippen LogP contribution in [-0.2, 0) is 6.42 Å². The number of aryl methyl sites for hydroxylation is 1. The maximum absolute atomic E-state index is 12.5. The van der Waals surface area contributed by atoms with E-state index < -0.39 is 7.05 Å². The monoisotopic (exact) mass is 484 g/mol. The number of nitrogens with two attached hydrogens (primary N) is 1. The van der Waals surface area contributed by atoms with E-state index in [2.05, 4.69) is 71.6 Å². The van der Waals surface area contributed by atoms with E-state index in [4.69, 9.17) is 10.4 Å². The maximum atomic E-state index is 12.5. The van der Waals surface area contributed by atoms with Crippen molar-refractivity contribution >= 4 is 23.7 Å². The van der Waals surface area contributed by atoms with Gasteiger partial charge >= 0.3 is 7.05 Å². The maximum Gasteiger partial charge on any atom is 0.410 e. The van der Waals surface area contributed by atoms with Crippen LogP contribution < -0.4 is 15.8 Å². The van der Waals surface area contributed by atoms with E-state index in [1.807, 2.05) is 6.07 Å². The summed E-state index contributed by atoms with van der Waals surface area (Å²) in [6.45, 7) is 2.36. The highest BCUT2D eigenvalue weighted by Crippen LogP contribution is 2.40. The highest BCUT2D eigenvalue weighted by atomic mass is 19.1. The predicted octanol–water partition coefficient (Wildman–Crippen LogP) is 4.44. The summed E-state index contributed by atoms with van der Waals surface area (Å²) in [5.41, 5.74) is 13.9. The van der Waals surface area contributed by atoms with Gasteiger partial charge in [0.15, 0.2) is 0 Å². The number of rotatable bonds is 8. The van der Waals surface area contributed by atoms with Gasteiger partial charge < -0.3 is 15.4 Å². The van der Waals surface area contributed by atoms with Gasteiger partial charge in [-0.1, -0.05) is 60.7 Å². The molecule has 0 amide bonds. The summed E-state index contributed by atoms with van der Waals surface area (Å²) in [6, 6.07) is 25.2. The average molecular weight is 484 g/mol. The number of nitrogens with zero attached hydrogens (tertiary/aromatic N) is 1. The van der Waals surface area contributed by atoms with Crippen LogP contribution in [-0.4, -0.2) is 49.4 Å². The number of fused-ring (bicyclic) bond motifs is 1. The van der Waals surface area contributed by atoms with Crippen LogP contribution in [0.3, 0.4) is 0 Å². The van der Waals surface area contributed by atoms with E-state index >= 15 is 0 Å². The first-order valence-corrected chi connectivity index (χ1v) is 13.0. The van der Waals surface area contributed by atoms with E-state index in [9.17, 15) is 9.41 Å². The fraction of sp³-hybridized carbons (Fsp3) is 0.333. The SMILES string of the molecule is NB(O)c1ccc2c(c1)CCCC(c1ccccc1)=C2c1ccc(OC2CCN(CCCF)C2)cc1. The van der Waals surface area contributed by atoms with Gasteiger partial charge in [-0.15, -0.1) is 0 Å². The first kappa shape index (κ1) is 24.8. The largest absolute Gasteiger partial charge is 0.489 e. The molecular weight excluding hydrogens is 450 g/mol. The summed E-state index contributed by atoms with van der Waals surface area (Å²) in [5, 5.41) is 9.95. The van der Waals surface area contributed by atoms with Gasteiger partial charge in [0, 0.05) is 19.6 Å². The highest BCUT2D eigenvalue weighted by Gasteiger charge is 2.24. The Labute approximate surface area is 213 Å². The number of alkyl halides is 1. The van der Waals surface area contributed by atoms with Crippen molar-refractivity contribution in [3.63, 3.8) is 0 Å². The van der Waals surface area contributed by atoms with Crippen molar-refractivity contribution in [3.8, 4) is 5.75 Å². The van der Waals surface area contributed by atoms with Crippen LogP contribution in [0.15, 0.2) is 72.8 Å². The fourth-order valence-corrected chi connectivity index (χ4v) is 5.52. The molecule has 1 atom stereocenters. The van der Waals surface area contributed by atoms with Gasteiger partial charge in [-0.05, 0) is 83.1 Å². The number of hydrogen-bond acceptors (Lipinski definition) is 4. The van der Waals surface area contributed by atoms with Gasteiger partial charge in [0.05, 0.1) is 6.67 Å². The molecule has 1 unspecified atom stereocenters. The zero-order valence-electron chi connectivity index (χ0n) is 20.7. The summed E-state index contributed by atoms with van der Waals surface area (Å²) < 4.78 is 18.8. The minimum absolute atomic E-state index is 0.147. The molecule has 3 aromatic rings. The summed E-state index contributed by atoms with van der Waals surface area (Å²) in [5.74, 6) is 0.869. The molecule has 3 aromatic carbocycles. The second-order valence-electron chi connectivity index (χ2n) is 9.83. The number of hydrogen-bond donors (Lipinski definition) is 2. The molecule has 186 valence electrons. The zero-order chi connectivity index (χ0) is 24.9. The third-order valence-corrected chi connectivity index (χ3v) is 7.32. The first-order valence-electron chi connectivity index (χ1n) is 13.0. The Morgan fingerprint density at radius 2 is 1.81 bits per heavy atom. The van der Waals surface area contributed by atoms with Crippen molar-refractivity contribution in [2.45, 2.75) is 38.2 Å². The second-order valence-corrected chi connectivity index (χ2v) is 9.83. The van der Waals surface area contributed by atoms with Crippen LogP contribution in [0.25, 0.3) is 11.1 Å². The van der Waals surface area contributed by atoms with Crippen molar-refractivity contribution in [3.05, 3.63) is 95.1 Å². The Morgan fingerprint density at radius 1 is 1.00 bits per heavy atom. The molecule has 6 heteroatoms. The molecule has 1 fully saturated rings. The molecule has 0 spiro atoms. The molecule has 0 bridgehead atoms. The van der Waals surface area contributed by atoms with E-state index in [-0.39, 0.29) is 12.8 Å². The van der Waals surface area contributed by atoms with E-state index in [0.717, 1.165) is 62.1 Å². The van der Waals surface area contributed by atoms with Crippen LogP contribution in [0.5, 0.6) is 5.75 Å². The standard InChI is InChI=1S/C30H34BFN2O2/c32-17-5-18-34-19-16-27(21-34)36-26-13-10-23(11-14-26)30-28(22-6-2-1-3-7-22)9-4-8-24-20-25(31(33)35)12-15-29(24)30/h1-3,6-7,10-15,20,27,35H,4-5,8-9,16-19,21,33H2. The van der Waals surface area contributed by atoms with Crippen molar-refractivity contribution in [2.75, 3.05) is 26.3 Å². The molecule has 0 saturated carbocycles. The molecule has 36 heavy (non-hydrogen) atoms. The Kier molecular flexibility index (Phi) is 7.85. The van der Waals surface area contributed by atoms with Crippen molar-refractivity contribution in [2.24, 2.45) is 5.64 Å². The molecular formula is C30H34BFN2O2. The number of allylic oxidation sites excluding steroid dienone is 1. The van der Waals surface area contributed by atoms with Crippen LogP contribution in [0.1, 0.15) is 47.9 Å². The molecule has 1 aliphatic carbocycles. The van der Waals surface area contributed by atoms with Crippen LogP contribution in [0.4, 0.5) is 4.39 Å². The summed E-state index contributed by atoms with van der Waals surface area (Å²) in [6.07, 6.45) is 4.66. The van der Waals surface area contributed by atoms with Crippen molar-refractivity contribution in [1.82, 2.24) is 4.90 Å². The Morgan fingerprint density at radius 3 is 2.56 bits per heavy atom. The van der Waals surface area contributed by atoms with Gasteiger partial charge in [0.1, 0.15) is 11.9 Å². The highest BCUT2D eigenvalue weighted by molar-refractivity contribution is 6.62. The lowest BCUT2D eigenvalue weighted by molar-refractivity contribution is 0.198. The van der Waals surface area contributed by atoms with E-state index in [1.54, 1.807) is 0 Å². The predicted molar refractivity (Wildman–Crippen MR) is 146 cm³/mol. The number of ether oxygens (including phenoxy) is 1. The third-order valence-electron chi connectivity index (χ3n) is 7.32. The molecule has 4 nitrogen and oxygen atoms in total. The Balaban J connectivity index is 1.46. The number of benzene rings is 3. The molecule has 1 saturated heterocycles. The van der Waals surface area contributed by atoms with Crippen molar-refractivity contribution in [1.29, 1.82) is 0 Å². The molecule has 2 aliphatic rings. The minimum atomic E-state index is -0.973. The molecule has 0 radical (unpaired) electrons. The Bertz CT molecular complexity index is 1200. The quantitative estimate of drug-likeness (QED) is 0.465. The number of likely N-dealkylation sites (tertiary alicyclic amines) is 1. The lowest BCUT2D eigenvalue weighted by Crippen LogP contribution is -2.40. The van der Waals surface area contributed by atoms with E-state index in [0.29, 0.717) is 6.42 Å². The molecule has 3 N–H and O–H groups in total. The van der Waals surface area contributed by atoms with Crippen LogP contribution in [0.2, 0.25) is 0 Å². The zero-order valence-corrected chi connectivity index (χ0v) is 20.7. The van der Waals surface area contributed by atoms with E-state index in [1.165, 1.54) is 27.8 Å². The summed E-state index contributed by atoms with van der Waals surface area (Å²) in [4.78, 5) is 2.28. The van der Waals surface area contributed by atoms with Crippen molar-refractivity contribution < 1.29 is 14.2 Å². The van der Waals surface area contributed by atoms with Gasteiger partial charge in [-0.2, -0.15) is 0 Å². The lowest BCUT2D eigenvalue weighted by Gasteiger charge is -2.19. The van der Waals surface area contributed by atoms with Gasteiger partial charge in [0.2, 0.25) is 0 Å². The molecule has 0 aromatic heterocycles. The molecule has 1 aliphatic heterocycles. The van der Waals surface area contributed by atoms with Crippen LogP contribution >= 0.6 is 0 Å². The minimum Gasteiger partial charge on any atom is -0.489 e. The smallest absolute Gasteiger partial charge is 0.410 e. The normalized spacial score (nSPS) is 18.1. The Hall–Kier alpha value is -2.93.